The van der Waals surface area contributed by atoms with E-state index in [1.54, 1.807) is 11.3 Å². The number of ether oxygens (including phenoxy) is 1. The quantitative estimate of drug-likeness (QED) is 0.847. The zero-order chi connectivity index (χ0) is 17.1. The minimum absolute atomic E-state index is 0.0486. The van der Waals surface area contributed by atoms with Crippen LogP contribution in [0.15, 0.2) is 41.8 Å². The van der Waals surface area contributed by atoms with Crippen molar-refractivity contribution in [3.8, 4) is 5.75 Å². The fraction of sp³-hybridized carbons (Fsp3) is 0.450. The number of hydrogen-bond acceptors (Lipinski definition) is 4. The first-order chi connectivity index (χ1) is 12.3. The Morgan fingerprint density at radius 1 is 1.12 bits per heavy atom. The summed E-state index contributed by atoms with van der Waals surface area (Å²) >= 11 is 1.81. The van der Waals surface area contributed by atoms with Gasteiger partial charge in [0.15, 0.2) is 0 Å². The second-order valence-corrected chi connectivity index (χ2v) is 7.86. The third-order valence-corrected chi connectivity index (χ3v) is 6.02. The highest BCUT2D eigenvalue weighted by molar-refractivity contribution is 7.09. The van der Waals surface area contributed by atoms with Crippen molar-refractivity contribution in [1.82, 2.24) is 9.80 Å². The molecule has 1 fully saturated rings. The maximum Gasteiger partial charge on any atom is 0.226 e. The third-order valence-electron chi connectivity index (χ3n) is 5.16. The van der Waals surface area contributed by atoms with Crippen LogP contribution in [-0.2, 0) is 17.8 Å². The molecule has 4 nitrogen and oxygen atoms in total. The molecule has 0 N–H and O–H groups in total. The molecule has 2 aromatic rings. The van der Waals surface area contributed by atoms with Crippen molar-refractivity contribution in [3.05, 3.63) is 52.2 Å². The zero-order valence-electron chi connectivity index (χ0n) is 14.4. The number of carbonyl (C=O) groups excluding carboxylic acids is 1. The molecule has 1 aromatic heterocycles. The largest absolute Gasteiger partial charge is 0.493 e. The van der Waals surface area contributed by atoms with E-state index in [2.05, 4.69) is 33.4 Å². The van der Waals surface area contributed by atoms with Gasteiger partial charge in [-0.05, 0) is 35.9 Å². The maximum absolute atomic E-state index is 13.0. The van der Waals surface area contributed by atoms with E-state index in [-0.39, 0.29) is 5.92 Å². The molecule has 1 unspecified atom stereocenters. The first-order valence-corrected chi connectivity index (χ1v) is 9.92. The van der Waals surface area contributed by atoms with E-state index in [0.717, 1.165) is 56.9 Å². The monoisotopic (exact) mass is 356 g/mol. The van der Waals surface area contributed by atoms with Crippen molar-refractivity contribution < 1.29 is 9.53 Å². The number of thiophene rings is 1. The molecule has 25 heavy (non-hydrogen) atoms. The summed E-state index contributed by atoms with van der Waals surface area (Å²) in [4.78, 5) is 18.9. The number of hydrogen-bond donors (Lipinski definition) is 0. The molecule has 3 heterocycles. The Balaban J connectivity index is 1.34. The van der Waals surface area contributed by atoms with Crippen LogP contribution in [-0.4, -0.2) is 48.5 Å². The number of nitrogens with zero attached hydrogens (tertiary/aromatic N) is 2. The molecule has 1 aromatic carbocycles. The van der Waals surface area contributed by atoms with Crippen molar-refractivity contribution in [2.24, 2.45) is 5.92 Å². The second kappa shape index (κ2) is 7.58. The summed E-state index contributed by atoms with van der Waals surface area (Å²) < 4.78 is 5.81. The van der Waals surface area contributed by atoms with E-state index in [0.29, 0.717) is 12.5 Å². The van der Waals surface area contributed by atoms with Crippen LogP contribution in [0.3, 0.4) is 0 Å². The Morgan fingerprint density at radius 2 is 1.96 bits per heavy atom. The minimum atomic E-state index is 0.0486. The van der Waals surface area contributed by atoms with Crippen LogP contribution in [0.4, 0.5) is 0 Å². The maximum atomic E-state index is 13.0. The predicted octanol–water partition coefficient (Wildman–Crippen LogP) is 3.03. The van der Waals surface area contributed by atoms with Gasteiger partial charge >= 0.3 is 0 Å². The Labute approximate surface area is 153 Å². The lowest BCUT2D eigenvalue weighted by molar-refractivity contribution is -0.137. The van der Waals surface area contributed by atoms with Gasteiger partial charge in [-0.3, -0.25) is 9.69 Å². The molecular formula is C20H24N2O2S. The van der Waals surface area contributed by atoms with Gasteiger partial charge in [-0.1, -0.05) is 24.3 Å². The number of piperazine rings is 1. The van der Waals surface area contributed by atoms with Crippen molar-refractivity contribution >= 4 is 17.2 Å². The van der Waals surface area contributed by atoms with E-state index in [1.165, 1.54) is 4.88 Å². The van der Waals surface area contributed by atoms with Gasteiger partial charge in [-0.15, -0.1) is 11.3 Å². The van der Waals surface area contributed by atoms with Gasteiger partial charge in [0.2, 0.25) is 5.91 Å². The fourth-order valence-electron chi connectivity index (χ4n) is 3.71. The van der Waals surface area contributed by atoms with Gasteiger partial charge in [0.25, 0.3) is 0 Å². The lowest BCUT2D eigenvalue weighted by Crippen LogP contribution is -2.50. The molecule has 2 aliphatic heterocycles. The summed E-state index contributed by atoms with van der Waals surface area (Å²) in [5.41, 5.74) is 1.16. The summed E-state index contributed by atoms with van der Waals surface area (Å²) in [6.07, 6.45) is 1.60. The molecule has 0 saturated carbocycles. The van der Waals surface area contributed by atoms with E-state index < -0.39 is 0 Å². The van der Waals surface area contributed by atoms with Gasteiger partial charge in [0.05, 0.1) is 6.61 Å². The Bertz CT molecular complexity index is 708. The molecule has 1 saturated heterocycles. The van der Waals surface area contributed by atoms with Gasteiger partial charge < -0.3 is 9.64 Å². The lowest BCUT2D eigenvalue weighted by atomic mass is 9.95. The van der Waals surface area contributed by atoms with E-state index in [1.807, 2.05) is 18.2 Å². The van der Waals surface area contributed by atoms with Gasteiger partial charge in [0.1, 0.15) is 5.75 Å². The molecule has 4 rings (SSSR count). The molecule has 1 amide bonds. The molecule has 0 bridgehead atoms. The molecular weight excluding hydrogens is 332 g/mol. The van der Waals surface area contributed by atoms with E-state index >= 15 is 0 Å². The first kappa shape index (κ1) is 16.6. The molecule has 0 spiro atoms. The average molecular weight is 356 g/mol. The molecule has 132 valence electrons. The third kappa shape index (κ3) is 3.88. The molecule has 0 radical (unpaired) electrons. The first-order valence-electron chi connectivity index (χ1n) is 9.04. The zero-order valence-corrected chi connectivity index (χ0v) is 15.2. The normalized spacial score (nSPS) is 21.3. The molecule has 5 heteroatoms. The van der Waals surface area contributed by atoms with Crippen molar-refractivity contribution in [2.75, 3.05) is 32.8 Å². The topological polar surface area (TPSA) is 32.8 Å². The van der Waals surface area contributed by atoms with E-state index in [4.69, 9.17) is 4.74 Å². The number of carbonyl (C=O) groups is 1. The number of fused-ring (bicyclic) bond motifs is 1. The average Bonchev–Trinajstić information content (AvgIpc) is 3.05. The van der Waals surface area contributed by atoms with Crippen LogP contribution < -0.4 is 4.74 Å². The van der Waals surface area contributed by atoms with Crippen molar-refractivity contribution in [1.29, 1.82) is 0 Å². The van der Waals surface area contributed by atoms with Crippen LogP contribution in [0.5, 0.6) is 5.75 Å². The van der Waals surface area contributed by atoms with Crippen LogP contribution in [0.2, 0.25) is 0 Å². The number of rotatable bonds is 3. The van der Waals surface area contributed by atoms with Crippen LogP contribution in [0.1, 0.15) is 16.9 Å². The van der Waals surface area contributed by atoms with Gasteiger partial charge in [-0.25, -0.2) is 0 Å². The van der Waals surface area contributed by atoms with Crippen molar-refractivity contribution in [2.45, 2.75) is 19.4 Å². The predicted molar refractivity (Wildman–Crippen MR) is 99.9 cm³/mol. The minimum Gasteiger partial charge on any atom is -0.493 e. The summed E-state index contributed by atoms with van der Waals surface area (Å²) in [5, 5.41) is 2.13. The Morgan fingerprint density at radius 3 is 2.76 bits per heavy atom. The number of amides is 1. The number of para-hydroxylation sites is 1. The standard InChI is InChI=1S/C20H24N2O2S/c23-20(17-7-12-24-19-6-2-1-4-16(19)14-17)22-10-8-21(9-11-22)15-18-5-3-13-25-18/h1-6,13,17H,7-12,14-15H2. The Hall–Kier alpha value is -1.85. The highest BCUT2D eigenvalue weighted by Crippen LogP contribution is 2.28. The summed E-state index contributed by atoms with van der Waals surface area (Å²) in [6.45, 7) is 5.23. The highest BCUT2D eigenvalue weighted by atomic mass is 32.1. The highest BCUT2D eigenvalue weighted by Gasteiger charge is 2.29. The van der Waals surface area contributed by atoms with Crippen LogP contribution in [0, 0.1) is 5.92 Å². The Kier molecular flexibility index (Phi) is 5.04. The second-order valence-electron chi connectivity index (χ2n) is 6.83. The summed E-state index contributed by atoms with van der Waals surface area (Å²) in [6, 6.07) is 12.4. The SMILES string of the molecule is O=C(C1CCOc2ccccc2C1)N1CCN(Cc2cccs2)CC1. The van der Waals surface area contributed by atoms with Crippen LogP contribution >= 0.6 is 11.3 Å². The molecule has 1 atom stereocenters. The van der Waals surface area contributed by atoms with Crippen LogP contribution in [0.25, 0.3) is 0 Å². The number of benzene rings is 1. The smallest absolute Gasteiger partial charge is 0.226 e. The fourth-order valence-corrected chi connectivity index (χ4v) is 4.46. The van der Waals surface area contributed by atoms with Gasteiger partial charge in [0, 0.05) is 43.5 Å². The van der Waals surface area contributed by atoms with Gasteiger partial charge in [-0.2, -0.15) is 0 Å². The molecule has 2 aliphatic rings. The lowest BCUT2D eigenvalue weighted by Gasteiger charge is -2.36. The summed E-state index contributed by atoms with van der Waals surface area (Å²) in [7, 11) is 0. The summed E-state index contributed by atoms with van der Waals surface area (Å²) in [5.74, 6) is 1.29. The van der Waals surface area contributed by atoms with Crippen molar-refractivity contribution in [3.63, 3.8) is 0 Å². The van der Waals surface area contributed by atoms with E-state index in [9.17, 15) is 4.79 Å². The molecule has 0 aliphatic carbocycles.